The quantitative estimate of drug-likeness (QED) is 0.310. The second kappa shape index (κ2) is 11.7. The van der Waals surface area contributed by atoms with Gasteiger partial charge in [-0.2, -0.15) is 0 Å². The number of hydrogen-bond acceptors (Lipinski definition) is 6. The first-order valence-corrected chi connectivity index (χ1v) is 12.0. The Kier molecular flexibility index (Phi) is 8.38. The van der Waals surface area contributed by atoms with E-state index in [0.717, 1.165) is 19.3 Å². The summed E-state index contributed by atoms with van der Waals surface area (Å²) in [6.45, 7) is 5.67. The van der Waals surface area contributed by atoms with Gasteiger partial charge in [0.1, 0.15) is 11.6 Å². The van der Waals surface area contributed by atoms with Crippen LogP contribution in [0.25, 0.3) is 10.8 Å². The maximum atomic E-state index is 15.1. The van der Waals surface area contributed by atoms with Crippen LogP contribution >= 0.6 is 0 Å². The number of nitrogens with one attached hydrogen (secondary N) is 1. The maximum absolute atomic E-state index is 15.1. The monoisotopic (exact) mass is 484 g/mol. The first-order valence-electron chi connectivity index (χ1n) is 12.0. The van der Waals surface area contributed by atoms with Crippen molar-refractivity contribution in [3.05, 3.63) is 70.9 Å². The molecule has 0 saturated carbocycles. The second-order valence-electron chi connectivity index (χ2n) is 8.48. The van der Waals surface area contributed by atoms with Gasteiger partial charge in [-0.15, -0.1) is 0 Å². The van der Waals surface area contributed by atoms with E-state index >= 15 is 8.78 Å². The van der Waals surface area contributed by atoms with E-state index < -0.39 is 23.0 Å². The average molecular weight is 485 g/mol. The van der Waals surface area contributed by atoms with Crippen molar-refractivity contribution in [1.82, 2.24) is 10.3 Å². The lowest BCUT2D eigenvalue weighted by Gasteiger charge is -2.23. The highest BCUT2D eigenvalue weighted by atomic mass is 19.1. The highest BCUT2D eigenvalue weighted by Crippen LogP contribution is 2.29. The van der Waals surface area contributed by atoms with Gasteiger partial charge in [0, 0.05) is 36.3 Å². The number of hydrogen-bond donors (Lipinski definition) is 1. The Balaban J connectivity index is 1.48. The average Bonchev–Trinajstić information content (AvgIpc) is 2.86. The van der Waals surface area contributed by atoms with Crippen LogP contribution in [0.1, 0.15) is 60.6 Å². The van der Waals surface area contributed by atoms with Crippen LogP contribution in [0.3, 0.4) is 0 Å². The predicted octanol–water partition coefficient (Wildman–Crippen LogP) is 5.34. The molecule has 1 aliphatic rings. The van der Waals surface area contributed by atoms with E-state index in [4.69, 9.17) is 14.2 Å². The summed E-state index contributed by atoms with van der Waals surface area (Å²) < 4.78 is 46.9. The molecule has 0 amide bonds. The van der Waals surface area contributed by atoms with Gasteiger partial charge in [0.05, 0.1) is 18.8 Å². The molecule has 35 heavy (non-hydrogen) atoms. The smallest absolute Gasteiger partial charge is 0.221 e. The molecule has 6 nitrogen and oxygen atoms in total. The van der Waals surface area contributed by atoms with Crippen molar-refractivity contribution in [3.8, 4) is 5.88 Å². The van der Waals surface area contributed by atoms with Gasteiger partial charge in [-0.1, -0.05) is 12.1 Å². The van der Waals surface area contributed by atoms with Gasteiger partial charge in [0.25, 0.3) is 0 Å². The van der Waals surface area contributed by atoms with Gasteiger partial charge in [-0.3, -0.25) is 4.79 Å². The fourth-order valence-corrected chi connectivity index (χ4v) is 4.25. The van der Waals surface area contributed by atoms with Crippen molar-refractivity contribution in [2.45, 2.75) is 45.4 Å². The molecule has 1 aliphatic heterocycles. The summed E-state index contributed by atoms with van der Waals surface area (Å²) in [7, 11) is 0. The molecule has 0 radical (unpaired) electrons. The topological polar surface area (TPSA) is 69.7 Å². The number of aromatic nitrogens is 1. The van der Waals surface area contributed by atoms with E-state index in [1.54, 1.807) is 31.2 Å². The first-order chi connectivity index (χ1) is 17.0. The van der Waals surface area contributed by atoms with E-state index in [-0.39, 0.29) is 17.9 Å². The molecule has 1 saturated heterocycles. The van der Waals surface area contributed by atoms with E-state index in [9.17, 15) is 4.79 Å². The molecule has 0 spiro atoms. The third kappa shape index (κ3) is 5.83. The molecule has 2 unspecified atom stereocenters. The Morgan fingerprint density at radius 1 is 1.20 bits per heavy atom. The predicted molar refractivity (Wildman–Crippen MR) is 129 cm³/mol. The van der Waals surface area contributed by atoms with Crippen molar-refractivity contribution in [2.24, 2.45) is 0 Å². The molecule has 1 aromatic heterocycles. The van der Waals surface area contributed by atoms with Crippen LogP contribution in [0.5, 0.6) is 5.88 Å². The van der Waals surface area contributed by atoms with Crippen LogP contribution in [-0.2, 0) is 9.47 Å². The molecular formula is C27H30F2N2O4. The molecule has 8 heteroatoms. The van der Waals surface area contributed by atoms with Crippen LogP contribution in [0, 0.1) is 11.6 Å². The molecule has 1 fully saturated rings. The van der Waals surface area contributed by atoms with E-state index in [2.05, 4.69) is 10.3 Å². The molecule has 0 aliphatic carbocycles. The Labute approximate surface area is 203 Å². The van der Waals surface area contributed by atoms with Crippen molar-refractivity contribution >= 4 is 16.6 Å². The van der Waals surface area contributed by atoms with Gasteiger partial charge >= 0.3 is 0 Å². The Hall–Kier alpha value is -2.94. The number of ketones is 1. The van der Waals surface area contributed by atoms with Gasteiger partial charge in [0.2, 0.25) is 5.88 Å². The van der Waals surface area contributed by atoms with Crippen molar-refractivity contribution in [3.63, 3.8) is 0 Å². The van der Waals surface area contributed by atoms with Crippen LogP contribution in [0.15, 0.2) is 42.6 Å². The summed E-state index contributed by atoms with van der Waals surface area (Å²) in [6, 6.07) is 8.67. The summed E-state index contributed by atoms with van der Waals surface area (Å²) in [5, 5.41) is 4.33. The minimum Gasteiger partial charge on any atom is -0.478 e. The SMILES string of the molecule is CCOc1nccc2c(C(=O)c3c(F)cc(C(C)NCCOC4CCCCO4)cc3F)cccc12. The lowest BCUT2D eigenvalue weighted by atomic mass is 9.95. The minimum absolute atomic E-state index is 0.185. The Morgan fingerprint density at radius 2 is 2.00 bits per heavy atom. The molecular weight excluding hydrogens is 454 g/mol. The van der Waals surface area contributed by atoms with Gasteiger partial charge in [-0.25, -0.2) is 13.8 Å². The zero-order valence-corrected chi connectivity index (χ0v) is 20.0. The molecule has 2 heterocycles. The van der Waals surface area contributed by atoms with Gasteiger partial charge in [-0.05, 0) is 68.3 Å². The molecule has 2 aromatic carbocycles. The Bertz CT molecular complexity index is 1160. The number of pyridine rings is 1. The zero-order chi connectivity index (χ0) is 24.8. The third-order valence-corrected chi connectivity index (χ3v) is 6.08. The van der Waals surface area contributed by atoms with Crippen LogP contribution in [-0.4, -0.2) is 43.4 Å². The summed E-state index contributed by atoms with van der Waals surface area (Å²) in [6.07, 6.45) is 4.34. The number of nitrogens with zero attached hydrogens (tertiary/aromatic N) is 1. The number of ether oxygens (including phenoxy) is 3. The van der Waals surface area contributed by atoms with Crippen LogP contribution in [0.2, 0.25) is 0 Å². The number of benzene rings is 2. The lowest BCUT2D eigenvalue weighted by molar-refractivity contribution is -0.161. The fraction of sp³-hybridized carbons (Fsp3) is 0.407. The molecule has 186 valence electrons. The molecule has 1 N–H and O–H groups in total. The summed E-state index contributed by atoms with van der Waals surface area (Å²) in [5.74, 6) is -2.16. The van der Waals surface area contributed by atoms with E-state index in [1.165, 1.54) is 18.3 Å². The largest absolute Gasteiger partial charge is 0.478 e. The normalized spacial score (nSPS) is 16.9. The van der Waals surface area contributed by atoms with Crippen LogP contribution in [0.4, 0.5) is 8.78 Å². The third-order valence-electron chi connectivity index (χ3n) is 6.08. The van der Waals surface area contributed by atoms with Gasteiger partial charge < -0.3 is 19.5 Å². The number of carbonyl (C=O) groups excluding carboxylic acids is 1. The van der Waals surface area contributed by atoms with Crippen molar-refractivity contribution in [2.75, 3.05) is 26.4 Å². The van der Waals surface area contributed by atoms with E-state index in [1.807, 2.05) is 6.92 Å². The van der Waals surface area contributed by atoms with Crippen LogP contribution < -0.4 is 10.1 Å². The second-order valence-corrected chi connectivity index (χ2v) is 8.48. The summed E-state index contributed by atoms with van der Waals surface area (Å²) in [5.41, 5.74) is 0.0110. The van der Waals surface area contributed by atoms with Gasteiger partial charge in [0.15, 0.2) is 12.1 Å². The number of carbonyl (C=O) groups is 1. The summed E-state index contributed by atoms with van der Waals surface area (Å²) in [4.78, 5) is 17.4. The van der Waals surface area contributed by atoms with Crippen molar-refractivity contribution < 1.29 is 27.8 Å². The molecule has 2 atom stereocenters. The molecule has 0 bridgehead atoms. The molecule has 3 aromatic rings. The highest BCUT2D eigenvalue weighted by Gasteiger charge is 2.23. The first kappa shape index (κ1) is 25.2. The van der Waals surface area contributed by atoms with E-state index in [0.29, 0.717) is 48.6 Å². The zero-order valence-electron chi connectivity index (χ0n) is 20.0. The number of fused-ring (bicyclic) bond motifs is 1. The number of halogens is 2. The molecule has 4 rings (SSSR count). The van der Waals surface area contributed by atoms with Crippen molar-refractivity contribution in [1.29, 1.82) is 0 Å². The number of rotatable bonds is 10. The standard InChI is InChI=1S/C27H30F2N2O4/c1-3-33-27-21-8-6-7-20(19(21)10-11-31-27)26(32)25-22(28)15-18(16-23(25)29)17(2)30-12-14-35-24-9-4-5-13-34-24/h6-8,10-11,15-17,24,30H,3-5,9,12-14H2,1-2H3. The lowest BCUT2D eigenvalue weighted by Crippen LogP contribution is -2.28. The minimum atomic E-state index is -0.901. The Morgan fingerprint density at radius 3 is 2.71 bits per heavy atom. The highest BCUT2D eigenvalue weighted by molar-refractivity contribution is 6.17. The maximum Gasteiger partial charge on any atom is 0.221 e. The summed E-state index contributed by atoms with van der Waals surface area (Å²) >= 11 is 0. The fourth-order valence-electron chi connectivity index (χ4n) is 4.25.